The first-order chi connectivity index (χ1) is 3.31. The van der Waals surface area contributed by atoms with Crippen molar-refractivity contribution in [1.29, 1.82) is 0 Å². The molecule has 0 heterocycles. The number of hydrogen-bond donors (Lipinski definition) is 1. The van der Waals surface area contributed by atoms with E-state index in [1.165, 1.54) is 0 Å². The van der Waals surface area contributed by atoms with Gasteiger partial charge in [0.15, 0.2) is 0 Å². The summed E-state index contributed by atoms with van der Waals surface area (Å²) in [6.07, 6.45) is 3.35. The third-order valence-corrected chi connectivity index (χ3v) is 0.397. The Balaban J connectivity index is 3.36. The predicted molar refractivity (Wildman–Crippen MR) is 27.2 cm³/mol. The SMILES string of the molecule is C=[C]NC(=O)C=C. The van der Waals surface area contributed by atoms with Crippen LogP contribution in [-0.4, -0.2) is 5.91 Å². The Kier molecular flexibility index (Phi) is 2.68. The van der Waals surface area contributed by atoms with Crippen LogP contribution in [0.4, 0.5) is 0 Å². The molecule has 0 bridgehead atoms. The molecule has 7 heavy (non-hydrogen) atoms. The van der Waals surface area contributed by atoms with Crippen LogP contribution in [0.15, 0.2) is 19.2 Å². The van der Waals surface area contributed by atoms with Gasteiger partial charge >= 0.3 is 0 Å². The number of nitrogens with one attached hydrogen (secondary N) is 1. The van der Waals surface area contributed by atoms with E-state index in [-0.39, 0.29) is 5.91 Å². The molecule has 2 nitrogen and oxygen atoms in total. The molecule has 0 aromatic rings. The van der Waals surface area contributed by atoms with Crippen molar-refractivity contribution in [2.45, 2.75) is 0 Å². The monoisotopic (exact) mass is 96.0 g/mol. The molecule has 0 aliphatic rings. The number of hydrogen-bond acceptors (Lipinski definition) is 1. The summed E-state index contributed by atoms with van der Waals surface area (Å²) in [6.45, 7) is 6.34. The Labute approximate surface area is 42.5 Å². The zero-order valence-electron chi connectivity index (χ0n) is 3.90. The second-order valence-electron chi connectivity index (χ2n) is 0.870. The minimum Gasteiger partial charge on any atom is -0.321 e. The van der Waals surface area contributed by atoms with Crippen molar-refractivity contribution in [1.82, 2.24) is 5.32 Å². The maximum atomic E-state index is 10.1. The first-order valence-corrected chi connectivity index (χ1v) is 1.75. The molecule has 0 aromatic heterocycles. The average molecular weight is 96.1 g/mol. The van der Waals surface area contributed by atoms with Crippen molar-refractivity contribution in [3.8, 4) is 0 Å². The van der Waals surface area contributed by atoms with E-state index in [0.29, 0.717) is 0 Å². The highest BCUT2D eigenvalue weighted by molar-refractivity contribution is 5.87. The van der Waals surface area contributed by atoms with Gasteiger partial charge in [0, 0.05) is 0 Å². The third kappa shape index (κ3) is 2.76. The summed E-state index contributed by atoms with van der Waals surface area (Å²) in [5.41, 5.74) is 0. The highest BCUT2D eigenvalue weighted by Gasteiger charge is 1.82. The van der Waals surface area contributed by atoms with E-state index >= 15 is 0 Å². The van der Waals surface area contributed by atoms with Crippen LogP contribution in [0, 0.1) is 6.20 Å². The Morgan fingerprint density at radius 2 is 2.43 bits per heavy atom. The van der Waals surface area contributed by atoms with Gasteiger partial charge in [0.2, 0.25) is 5.91 Å². The van der Waals surface area contributed by atoms with E-state index in [1.54, 1.807) is 0 Å². The Bertz CT molecular complexity index is 96.3. The van der Waals surface area contributed by atoms with Gasteiger partial charge in [-0.1, -0.05) is 13.2 Å². The fraction of sp³-hybridized carbons (Fsp3) is 0. The summed E-state index contributed by atoms with van der Waals surface area (Å²) in [6, 6.07) is 0. The van der Waals surface area contributed by atoms with Crippen LogP contribution in [0.1, 0.15) is 0 Å². The largest absolute Gasteiger partial charge is 0.321 e. The van der Waals surface area contributed by atoms with Gasteiger partial charge in [0.25, 0.3) is 0 Å². The molecule has 0 aliphatic heterocycles. The molecule has 37 valence electrons. The van der Waals surface area contributed by atoms with Crippen molar-refractivity contribution < 1.29 is 4.79 Å². The molecule has 1 amide bonds. The lowest BCUT2D eigenvalue weighted by molar-refractivity contribution is -0.115. The lowest BCUT2D eigenvalue weighted by atomic mass is 10.6. The number of amides is 1. The fourth-order valence-electron chi connectivity index (χ4n) is 0.138. The second kappa shape index (κ2) is 3.15. The quantitative estimate of drug-likeness (QED) is 0.387. The van der Waals surface area contributed by atoms with Gasteiger partial charge in [0.05, 0.1) is 6.20 Å². The molecule has 2 heteroatoms. The van der Waals surface area contributed by atoms with Crippen molar-refractivity contribution in [3.05, 3.63) is 25.4 Å². The molecule has 0 spiro atoms. The average Bonchev–Trinajstić information content (AvgIpc) is 1.68. The highest BCUT2D eigenvalue weighted by atomic mass is 16.1. The van der Waals surface area contributed by atoms with Crippen LogP contribution < -0.4 is 5.32 Å². The first-order valence-electron chi connectivity index (χ1n) is 1.75. The number of rotatable bonds is 2. The van der Waals surface area contributed by atoms with Gasteiger partial charge < -0.3 is 5.32 Å². The van der Waals surface area contributed by atoms with E-state index in [0.717, 1.165) is 6.08 Å². The molecule has 0 fully saturated rings. The van der Waals surface area contributed by atoms with Gasteiger partial charge in [-0.15, -0.1) is 0 Å². The lowest BCUT2D eigenvalue weighted by Crippen LogP contribution is -2.12. The molecule has 1 radical (unpaired) electrons. The summed E-state index contributed by atoms with van der Waals surface area (Å²) < 4.78 is 0. The van der Waals surface area contributed by atoms with Crippen molar-refractivity contribution in [2.24, 2.45) is 0 Å². The van der Waals surface area contributed by atoms with Crippen LogP contribution in [-0.2, 0) is 4.79 Å². The standard InChI is InChI=1S/C5H6NO/c1-3-5(7)6-4-2/h3H,1-2H2,(H,6,7). The van der Waals surface area contributed by atoms with Crippen molar-refractivity contribution in [2.75, 3.05) is 0 Å². The van der Waals surface area contributed by atoms with E-state index < -0.39 is 0 Å². The molecule has 0 saturated carbocycles. The zero-order valence-corrected chi connectivity index (χ0v) is 3.90. The summed E-state index contributed by atoms with van der Waals surface area (Å²) in [7, 11) is 0. The Morgan fingerprint density at radius 1 is 1.86 bits per heavy atom. The Morgan fingerprint density at radius 3 is 2.57 bits per heavy atom. The normalized spacial score (nSPS) is 6.86. The summed E-state index contributed by atoms with van der Waals surface area (Å²) >= 11 is 0. The zero-order chi connectivity index (χ0) is 5.70. The molecular weight excluding hydrogens is 90.1 g/mol. The summed E-state index contributed by atoms with van der Waals surface area (Å²) in [5.74, 6) is -0.282. The molecule has 0 unspecified atom stereocenters. The van der Waals surface area contributed by atoms with Gasteiger partial charge in [0.1, 0.15) is 0 Å². The van der Waals surface area contributed by atoms with E-state index in [4.69, 9.17) is 0 Å². The van der Waals surface area contributed by atoms with Crippen molar-refractivity contribution in [3.63, 3.8) is 0 Å². The van der Waals surface area contributed by atoms with Crippen LogP contribution >= 0.6 is 0 Å². The lowest BCUT2D eigenvalue weighted by Gasteiger charge is -1.84. The minimum absolute atomic E-state index is 0.282. The molecule has 0 rings (SSSR count). The van der Waals surface area contributed by atoms with E-state index in [1.807, 2.05) is 0 Å². The highest BCUT2D eigenvalue weighted by Crippen LogP contribution is 1.60. The molecule has 0 atom stereocenters. The smallest absolute Gasteiger partial charge is 0.247 e. The molecule has 0 saturated heterocycles. The molecular formula is C5H6NO. The summed E-state index contributed by atoms with van der Waals surface area (Å²) in [4.78, 5) is 10.1. The van der Waals surface area contributed by atoms with Crippen LogP contribution in [0.5, 0.6) is 0 Å². The van der Waals surface area contributed by atoms with Crippen LogP contribution in [0.3, 0.4) is 0 Å². The van der Waals surface area contributed by atoms with Crippen molar-refractivity contribution >= 4 is 5.91 Å². The van der Waals surface area contributed by atoms with E-state index in [2.05, 4.69) is 24.7 Å². The Hall–Kier alpha value is -1.05. The molecule has 0 aromatic carbocycles. The third-order valence-electron chi connectivity index (χ3n) is 0.397. The van der Waals surface area contributed by atoms with Gasteiger partial charge in [-0.05, 0) is 6.08 Å². The molecule has 0 aliphatic carbocycles. The van der Waals surface area contributed by atoms with Crippen LogP contribution in [0.2, 0.25) is 0 Å². The first kappa shape index (κ1) is 5.95. The second-order valence-corrected chi connectivity index (χ2v) is 0.870. The van der Waals surface area contributed by atoms with Crippen LogP contribution in [0.25, 0.3) is 0 Å². The maximum absolute atomic E-state index is 10.1. The number of carbonyl (C=O) groups excluding carboxylic acids is 1. The summed E-state index contributed by atoms with van der Waals surface area (Å²) in [5, 5.41) is 2.18. The van der Waals surface area contributed by atoms with E-state index in [9.17, 15) is 4.79 Å². The van der Waals surface area contributed by atoms with Gasteiger partial charge in [-0.3, -0.25) is 4.79 Å². The topological polar surface area (TPSA) is 29.1 Å². The maximum Gasteiger partial charge on any atom is 0.247 e. The van der Waals surface area contributed by atoms with Gasteiger partial charge in [-0.25, -0.2) is 0 Å². The fourth-order valence-corrected chi connectivity index (χ4v) is 0.138. The number of carbonyl (C=O) groups is 1. The molecule has 1 N–H and O–H groups in total. The predicted octanol–water partition coefficient (Wildman–Crippen LogP) is 0.235. The van der Waals surface area contributed by atoms with Gasteiger partial charge in [-0.2, -0.15) is 0 Å². The minimum atomic E-state index is -0.282.